The molecule has 0 aromatic heterocycles. The second-order valence-corrected chi connectivity index (χ2v) is 6.76. The van der Waals surface area contributed by atoms with Gasteiger partial charge in [0, 0.05) is 0 Å². The van der Waals surface area contributed by atoms with Crippen LogP contribution in [0.5, 0.6) is 0 Å². The lowest BCUT2D eigenvalue weighted by molar-refractivity contribution is -0.184. The summed E-state index contributed by atoms with van der Waals surface area (Å²) in [6.45, 7) is 6.25. The highest BCUT2D eigenvalue weighted by molar-refractivity contribution is 5.79. The van der Waals surface area contributed by atoms with Gasteiger partial charge in [-0.05, 0) is 52.4 Å². The van der Waals surface area contributed by atoms with Gasteiger partial charge < -0.3 is 9.47 Å². The molecule has 1 atom stereocenters. The van der Waals surface area contributed by atoms with Gasteiger partial charge >= 0.3 is 11.9 Å². The van der Waals surface area contributed by atoms with Gasteiger partial charge in [0.2, 0.25) is 0 Å². The first-order chi connectivity index (χ1) is 9.41. The highest BCUT2D eigenvalue weighted by atomic mass is 16.6. The highest BCUT2D eigenvalue weighted by Crippen LogP contribution is 2.43. The molecule has 2 aliphatic rings. The minimum absolute atomic E-state index is 0.179. The fourth-order valence-electron chi connectivity index (χ4n) is 3.11. The van der Waals surface area contributed by atoms with Gasteiger partial charge in [-0.2, -0.15) is 0 Å². The molecule has 0 radical (unpaired) electrons. The normalized spacial score (nSPS) is 26.1. The van der Waals surface area contributed by atoms with E-state index in [0.717, 1.165) is 38.5 Å². The first-order valence-corrected chi connectivity index (χ1v) is 7.81. The van der Waals surface area contributed by atoms with Gasteiger partial charge in [0.15, 0.2) is 0 Å². The molecule has 114 valence electrons. The van der Waals surface area contributed by atoms with E-state index in [1.807, 2.05) is 20.8 Å². The summed E-state index contributed by atoms with van der Waals surface area (Å²) in [6, 6.07) is 0. The molecule has 0 aromatic carbocycles. The van der Waals surface area contributed by atoms with Gasteiger partial charge in [-0.25, -0.2) is 0 Å². The van der Waals surface area contributed by atoms with Crippen molar-refractivity contribution >= 4 is 11.9 Å². The van der Waals surface area contributed by atoms with Crippen molar-refractivity contribution in [3.63, 3.8) is 0 Å². The summed E-state index contributed by atoms with van der Waals surface area (Å²) in [6.07, 6.45) is 6.18. The van der Waals surface area contributed by atoms with E-state index in [1.165, 1.54) is 0 Å². The van der Waals surface area contributed by atoms with E-state index in [-0.39, 0.29) is 17.9 Å². The standard InChI is InChI=1S/C16H26O4/c1-4-15(2,3)14(18)20-16(9-6-5-7-10-16)12-8-11-19-13(12)17/h12H,4-11H2,1-3H3. The van der Waals surface area contributed by atoms with Gasteiger partial charge in [-0.3, -0.25) is 9.59 Å². The summed E-state index contributed by atoms with van der Waals surface area (Å²) >= 11 is 0. The molecule has 4 nitrogen and oxygen atoms in total. The molecular weight excluding hydrogens is 256 g/mol. The molecule has 1 saturated heterocycles. The molecule has 2 fully saturated rings. The van der Waals surface area contributed by atoms with E-state index in [2.05, 4.69) is 0 Å². The zero-order valence-electron chi connectivity index (χ0n) is 12.9. The van der Waals surface area contributed by atoms with Crippen LogP contribution in [0.1, 0.15) is 65.7 Å². The Labute approximate surface area is 121 Å². The van der Waals surface area contributed by atoms with E-state index in [1.54, 1.807) is 0 Å². The quantitative estimate of drug-likeness (QED) is 0.743. The van der Waals surface area contributed by atoms with E-state index < -0.39 is 11.0 Å². The molecule has 0 N–H and O–H groups in total. The molecule has 1 saturated carbocycles. The average molecular weight is 282 g/mol. The fourth-order valence-corrected chi connectivity index (χ4v) is 3.11. The predicted octanol–water partition coefficient (Wildman–Crippen LogP) is 3.23. The van der Waals surface area contributed by atoms with Gasteiger partial charge in [-0.1, -0.05) is 13.3 Å². The molecule has 0 bridgehead atoms. The lowest BCUT2D eigenvalue weighted by atomic mass is 9.74. The highest BCUT2D eigenvalue weighted by Gasteiger charge is 2.51. The Morgan fingerprint density at radius 3 is 2.50 bits per heavy atom. The monoisotopic (exact) mass is 282 g/mol. The van der Waals surface area contributed by atoms with Crippen LogP contribution in [-0.4, -0.2) is 24.1 Å². The molecule has 4 heteroatoms. The Hall–Kier alpha value is -1.06. The van der Waals surface area contributed by atoms with E-state index in [9.17, 15) is 9.59 Å². The molecular formula is C16H26O4. The second-order valence-electron chi connectivity index (χ2n) is 6.76. The smallest absolute Gasteiger partial charge is 0.313 e. The number of carbonyl (C=O) groups is 2. The molecule has 1 unspecified atom stereocenters. The first-order valence-electron chi connectivity index (χ1n) is 7.81. The van der Waals surface area contributed by atoms with Crippen LogP contribution >= 0.6 is 0 Å². The second kappa shape index (κ2) is 5.74. The third-order valence-electron chi connectivity index (χ3n) is 5.00. The Balaban J connectivity index is 2.19. The average Bonchev–Trinajstić information content (AvgIpc) is 2.86. The fraction of sp³-hybridized carbons (Fsp3) is 0.875. The van der Waals surface area contributed by atoms with Crippen LogP contribution in [0, 0.1) is 11.3 Å². The predicted molar refractivity (Wildman–Crippen MR) is 75.0 cm³/mol. The molecule has 0 spiro atoms. The molecule has 1 heterocycles. The van der Waals surface area contributed by atoms with Crippen LogP contribution in [-0.2, 0) is 19.1 Å². The van der Waals surface area contributed by atoms with Crippen molar-refractivity contribution in [2.24, 2.45) is 11.3 Å². The lowest BCUT2D eigenvalue weighted by Gasteiger charge is -2.41. The van der Waals surface area contributed by atoms with Crippen molar-refractivity contribution < 1.29 is 19.1 Å². The number of ether oxygens (including phenoxy) is 2. The SMILES string of the molecule is CCC(C)(C)C(=O)OC1(C2CCOC2=O)CCCCC1. The Morgan fingerprint density at radius 2 is 2.00 bits per heavy atom. The Kier molecular flexibility index (Phi) is 4.40. The number of cyclic esters (lactones) is 1. The topological polar surface area (TPSA) is 52.6 Å². The van der Waals surface area contributed by atoms with Crippen molar-refractivity contribution in [3.8, 4) is 0 Å². The molecule has 1 aliphatic carbocycles. The van der Waals surface area contributed by atoms with Crippen LogP contribution in [0.3, 0.4) is 0 Å². The van der Waals surface area contributed by atoms with Gasteiger partial charge in [0.05, 0.1) is 17.9 Å². The first kappa shape index (κ1) is 15.3. The molecule has 0 amide bonds. The summed E-state index contributed by atoms with van der Waals surface area (Å²) in [7, 11) is 0. The van der Waals surface area contributed by atoms with E-state index in [0.29, 0.717) is 13.0 Å². The summed E-state index contributed by atoms with van der Waals surface area (Å²) < 4.78 is 11.1. The van der Waals surface area contributed by atoms with Crippen LogP contribution in [0.2, 0.25) is 0 Å². The lowest BCUT2D eigenvalue weighted by Crippen LogP contribution is -2.48. The number of rotatable bonds is 4. The number of esters is 2. The van der Waals surface area contributed by atoms with Crippen molar-refractivity contribution in [1.29, 1.82) is 0 Å². The zero-order valence-corrected chi connectivity index (χ0v) is 12.9. The number of hydrogen-bond donors (Lipinski definition) is 0. The van der Waals surface area contributed by atoms with Crippen LogP contribution in [0.15, 0.2) is 0 Å². The summed E-state index contributed by atoms with van der Waals surface area (Å²) in [5, 5.41) is 0. The molecule has 1 aliphatic heterocycles. The van der Waals surface area contributed by atoms with Crippen LogP contribution in [0.4, 0.5) is 0 Å². The maximum absolute atomic E-state index is 12.5. The zero-order chi connectivity index (χ0) is 14.8. The number of hydrogen-bond acceptors (Lipinski definition) is 4. The molecule has 0 aromatic rings. The third-order valence-corrected chi connectivity index (χ3v) is 5.00. The Bertz CT molecular complexity index is 380. The minimum atomic E-state index is -0.616. The van der Waals surface area contributed by atoms with Gasteiger partial charge in [-0.15, -0.1) is 0 Å². The van der Waals surface area contributed by atoms with Gasteiger partial charge in [0.1, 0.15) is 5.60 Å². The summed E-state index contributed by atoms with van der Waals surface area (Å²) in [5.74, 6) is -0.630. The molecule has 2 rings (SSSR count). The summed E-state index contributed by atoms with van der Waals surface area (Å²) in [5.41, 5.74) is -1.11. The van der Waals surface area contributed by atoms with Crippen molar-refractivity contribution in [2.45, 2.75) is 71.3 Å². The maximum Gasteiger partial charge on any atom is 0.313 e. The third kappa shape index (κ3) is 2.84. The van der Waals surface area contributed by atoms with E-state index in [4.69, 9.17) is 9.47 Å². The van der Waals surface area contributed by atoms with Gasteiger partial charge in [0.25, 0.3) is 0 Å². The number of carbonyl (C=O) groups excluding carboxylic acids is 2. The largest absolute Gasteiger partial charge is 0.465 e. The Morgan fingerprint density at radius 1 is 1.35 bits per heavy atom. The van der Waals surface area contributed by atoms with Crippen molar-refractivity contribution in [1.82, 2.24) is 0 Å². The maximum atomic E-state index is 12.5. The van der Waals surface area contributed by atoms with Crippen molar-refractivity contribution in [2.75, 3.05) is 6.61 Å². The minimum Gasteiger partial charge on any atom is -0.465 e. The van der Waals surface area contributed by atoms with Crippen molar-refractivity contribution in [3.05, 3.63) is 0 Å². The van der Waals surface area contributed by atoms with Crippen LogP contribution in [0.25, 0.3) is 0 Å². The van der Waals surface area contributed by atoms with E-state index >= 15 is 0 Å². The van der Waals surface area contributed by atoms with Crippen LogP contribution < -0.4 is 0 Å². The molecule has 20 heavy (non-hydrogen) atoms. The summed E-state index contributed by atoms with van der Waals surface area (Å²) in [4.78, 5) is 24.4.